The van der Waals surface area contributed by atoms with Gasteiger partial charge in [0.15, 0.2) is 0 Å². The third kappa shape index (κ3) is 11.0. The molecule has 1 unspecified atom stereocenters. The van der Waals surface area contributed by atoms with Gasteiger partial charge < -0.3 is 10.2 Å². The Balaban J connectivity index is 2.23. The molecule has 2 N–H and O–H groups in total. The van der Waals surface area contributed by atoms with Crippen molar-refractivity contribution in [1.82, 2.24) is 14.9 Å². The van der Waals surface area contributed by atoms with E-state index in [-0.39, 0.29) is 24.6 Å². The minimum atomic E-state index is -3.37. The summed E-state index contributed by atoms with van der Waals surface area (Å²) >= 11 is 0. The number of hydrogen-bond acceptors (Lipinski definition) is 4. The van der Waals surface area contributed by atoms with Crippen molar-refractivity contribution in [1.29, 1.82) is 0 Å². The highest BCUT2D eigenvalue weighted by atomic mass is 32.2. The number of rotatable bonds is 16. The summed E-state index contributed by atoms with van der Waals surface area (Å²) < 4.78 is 54.1. The van der Waals surface area contributed by atoms with Crippen LogP contribution in [0.5, 0.6) is 0 Å². The Labute approximate surface area is 231 Å². The van der Waals surface area contributed by atoms with Crippen LogP contribution >= 0.6 is 0 Å². The van der Waals surface area contributed by atoms with E-state index >= 15 is 0 Å². The van der Waals surface area contributed by atoms with Crippen molar-refractivity contribution in [2.24, 2.45) is 0 Å². The maximum Gasteiger partial charge on any atom is 0.253 e. The third-order valence-corrected chi connectivity index (χ3v) is 7.71. The predicted octanol–water partition coefficient (Wildman–Crippen LogP) is 4.99. The van der Waals surface area contributed by atoms with Crippen LogP contribution in [0, 0.1) is 18.6 Å². The second-order valence-corrected chi connectivity index (χ2v) is 11.8. The average molecular weight is 566 g/mol. The molecule has 0 aliphatic heterocycles. The molecule has 2 rings (SSSR count). The zero-order valence-corrected chi connectivity index (χ0v) is 24.2. The van der Waals surface area contributed by atoms with Gasteiger partial charge in [0.05, 0.1) is 5.75 Å². The zero-order valence-electron chi connectivity index (χ0n) is 23.4. The Morgan fingerprint density at radius 1 is 0.897 bits per heavy atom. The van der Waals surface area contributed by atoms with Crippen LogP contribution < -0.4 is 10.0 Å². The minimum Gasteiger partial charge on any atom is -0.349 e. The summed E-state index contributed by atoms with van der Waals surface area (Å²) in [5.41, 5.74) is 1.87. The Bertz CT molecular complexity index is 1190. The molecule has 2 aromatic rings. The number of carbonyl (C=O) groups is 2. The summed E-state index contributed by atoms with van der Waals surface area (Å²) in [5.74, 6) is -1.96. The van der Waals surface area contributed by atoms with E-state index in [1.165, 1.54) is 12.1 Å². The van der Waals surface area contributed by atoms with E-state index in [1.807, 2.05) is 20.8 Å². The van der Waals surface area contributed by atoms with Crippen LogP contribution in [0.15, 0.2) is 36.4 Å². The first-order chi connectivity index (χ1) is 18.5. The van der Waals surface area contributed by atoms with E-state index in [0.717, 1.165) is 24.5 Å². The first-order valence-corrected chi connectivity index (χ1v) is 15.3. The van der Waals surface area contributed by atoms with Crippen LogP contribution in [0.4, 0.5) is 8.78 Å². The lowest BCUT2D eigenvalue weighted by Gasteiger charge is -2.22. The van der Waals surface area contributed by atoms with Crippen molar-refractivity contribution in [2.45, 2.75) is 72.3 Å². The summed E-state index contributed by atoms with van der Waals surface area (Å²) in [6, 6.07) is 7.70. The molecule has 0 heterocycles. The fourth-order valence-electron chi connectivity index (χ4n) is 4.50. The highest BCUT2D eigenvalue weighted by molar-refractivity contribution is 7.89. The Morgan fingerprint density at radius 2 is 1.51 bits per heavy atom. The zero-order chi connectivity index (χ0) is 29.0. The summed E-state index contributed by atoms with van der Waals surface area (Å²) in [5, 5.41) is 2.93. The Kier molecular flexibility index (Phi) is 13.0. The number of sulfonamides is 1. The number of benzene rings is 2. The molecule has 10 heteroatoms. The average Bonchev–Trinajstić information content (AvgIpc) is 2.85. The fourth-order valence-corrected chi connectivity index (χ4v) is 5.64. The van der Waals surface area contributed by atoms with Crippen LogP contribution in [-0.2, 0) is 16.4 Å². The molecule has 7 nitrogen and oxygen atoms in total. The molecule has 0 aromatic heterocycles. The lowest BCUT2D eigenvalue weighted by atomic mass is 10.00. The van der Waals surface area contributed by atoms with Crippen LogP contribution in [0.1, 0.15) is 84.7 Å². The van der Waals surface area contributed by atoms with Crippen molar-refractivity contribution in [3.8, 4) is 0 Å². The van der Waals surface area contributed by atoms with Gasteiger partial charge in [0.2, 0.25) is 10.0 Å². The summed E-state index contributed by atoms with van der Waals surface area (Å²) in [6.07, 6.45) is 3.07. The molecule has 0 saturated heterocycles. The molecule has 0 saturated carbocycles. The molecule has 0 spiro atoms. The quantitative estimate of drug-likeness (QED) is 0.281. The molecule has 1 atom stereocenters. The van der Waals surface area contributed by atoms with Gasteiger partial charge in [0.1, 0.15) is 11.6 Å². The first kappa shape index (κ1) is 32.4. The number of aryl methyl sites for hydroxylation is 1. The van der Waals surface area contributed by atoms with Crippen molar-refractivity contribution < 1.29 is 26.8 Å². The summed E-state index contributed by atoms with van der Waals surface area (Å²) in [6.45, 7) is 9.02. The second kappa shape index (κ2) is 15.7. The van der Waals surface area contributed by atoms with Crippen molar-refractivity contribution in [3.05, 3.63) is 70.3 Å². The monoisotopic (exact) mass is 565 g/mol. The van der Waals surface area contributed by atoms with Crippen LogP contribution in [-0.4, -0.2) is 56.6 Å². The van der Waals surface area contributed by atoms with E-state index in [1.54, 1.807) is 30.0 Å². The van der Waals surface area contributed by atoms with E-state index in [0.29, 0.717) is 49.0 Å². The number of amides is 2. The van der Waals surface area contributed by atoms with E-state index in [2.05, 4.69) is 10.0 Å². The van der Waals surface area contributed by atoms with Gasteiger partial charge in [0.25, 0.3) is 11.8 Å². The normalized spacial score (nSPS) is 12.3. The van der Waals surface area contributed by atoms with Gasteiger partial charge >= 0.3 is 0 Å². The maximum absolute atomic E-state index is 13.8. The topological polar surface area (TPSA) is 95.6 Å². The van der Waals surface area contributed by atoms with Crippen LogP contribution in [0.3, 0.4) is 0 Å². The molecule has 0 fully saturated rings. The summed E-state index contributed by atoms with van der Waals surface area (Å²) in [7, 11) is -3.37. The van der Waals surface area contributed by atoms with Crippen LogP contribution in [0.25, 0.3) is 0 Å². The first-order valence-electron chi connectivity index (χ1n) is 13.6. The largest absolute Gasteiger partial charge is 0.349 e. The number of halogens is 2. The Hall–Kier alpha value is -2.85. The smallest absolute Gasteiger partial charge is 0.253 e. The molecule has 0 aliphatic rings. The molecule has 0 radical (unpaired) electrons. The van der Waals surface area contributed by atoms with Gasteiger partial charge in [-0.05, 0) is 86.9 Å². The van der Waals surface area contributed by atoms with Crippen LogP contribution in [0.2, 0.25) is 0 Å². The van der Waals surface area contributed by atoms with E-state index in [4.69, 9.17) is 0 Å². The highest BCUT2D eigenvalue weighted by Gasteiger charge is 2.20. The minimum absolute atomic E-state index is 0.0259. The standard InChI is InChI=1S/C29H41F2N3O4S/c1-5-11-34(12-6-2)29(36)24-15-21(4)14-23(19-24)28(35)33-27(9-8-10-32-39(37,38)13-7-3)18-22-16-25(30)20-26(31)17-22/h14-17,19-20,27,32H,5-13,18H2,1-4H3,(H,33,35). The van der Waals surface area contributed by atoms with Gasteiger partial charge in [-0.15, -0.1) is 0 Å². The van der Waals surface area contributed by atoms with E-state index in [9.17, 15) is 26.8 Å². The molecular weight excluding hydrogens is 524 g/mol. The van der Waals surface area contributed by atoms with Crippen molar-refractivity contribution >= 4 is 21.8 Å². The maximum atomic E-state index is 13.8. The van der Waals surface area contributed by atoms with E-state index < -0.39 is 33.6 Å². The number of carbonyl (C=O) groups excluding carboxylic acids is 2. The summed E-state index contributed by atoms with van der Waals surface area (Å²) in [4.78, 5) is 28.2. The molecule has 2 amide bonds. The molecule has 0 bridgehead atoms. The lowest BCUT2D eigenvalue weighted by molar-refractivity contribution is 0.0755. The van der Waals surface area contributed by atoms with Gasteiger partial charge in [-0.1, -0.05) is 20.8 Å². The predicted molar refractivity (Wildman–Crippen MR) is 150 cm³/mol. The molecular formula is C29H41F2N3O4S. The molecule has 39 heavy (non-hydrogen) atoms. The highest BCUT2D eigenvalue weighted by Crippen LogP contribution is 2.16. The van der Waals surface area contributed by atoms with Gasteiger partial charge in [-0.2, -0.15) is 0 Å². The number of hydrogen-bond donors (Lipinski definition) is 2. The SMILES string of the molecule is CCCN(CCC)C(=O)c1cc(C)cc(C(=O)NC(CCCNS(=O)(=O)CCC)Cc2cc(F)cc(F)c2)c1. The molecule has 2 aromatic carbocycles. The second-order valence-electron chi connectivity index (χ2n) is 9.89. The number of nitrogens with zero attached hydrogens (tertiary/aromatic N) is 1. The van der Waals surface area contributed by atoms with Gasteiger partial charge in [-0.3, -0.25) is 9.59 Å². The third-order valence-electron chi connectivity index (χ3n) is 6.12. The number of nitrogens with one attached hydrogen (secondary N) is 2. The van der Waals surface area contributed by atoms with Gasteiger partial charge in [-0.25, -0.2) is 21.9 Å². The van der Waals surface area contributed by atoms with Gasteiger partial charge in [0, 0.05) is 42.9 Å². The van der Waals surface area contributed by atoms with Crippen molar-refractivity contribution in [3.63, 3.8) is 0 Å². The molecule has 0 aliphatic carbocycles. The molecule has 216 valence electrons. The fraction of sp³-hybridized carbons (Fsp3) is 0.517. The van der Waals surface area contributed by atoms with Crippen molar-refractivity contribution in [2.75, 3.05) is 25.4 Å². The lowest BCUT2D eigenvalue weighted by Crippen LogP contribution is -2.38. The Morgan fingerprint density at radius 3 is 2.10 bits per heavy atom.